The van der Waals surface area contributed by atoms with Crippen LogP contribution in [0.25, 0.3) is 0 Å². The van der Waals surface area contributed by atoms with Gasteiger partial charge in [-0.1, -0.05) is 30.8 Å². The second kappa shape index (κ2) is 3.18. The molecule has 0 fully saturated rings. The van der Waals surface area contributed by atoms with Gasteiger partial charge >= 0.3 is 0 Å². The molecule has 1 heterocycles. The standard InChI is InChI=1S/C9H13NS/c1-6-4-7(2)9(11)10-8(3)5-6/h4-5,7H,1-3H3,(H,10,11). The zero-order valence-corrected chi connectivity index (χ0v) is 7.96. The Morgan fingerprint density at radius 1 is 1.45 bits per heavy atom. The first-order chi connectivity index (χ1) is 5.09. The lowest BCUT2D eigenvalue weighted by Gasteiger charge is -2.08. The van der Waals surface area contributed by atoms with Crippen molar-refractivity contribution in [3.63, 3.8) is 0 Å². The van der Waals surface area contributed by atoms with Crippen LogP contribution in [0.5, 0.6) is 0 Å². The van der Waals surface area contributed by atoms with Crippen molar-refractivity contribution in [1.29, 1.82) is 0 Å². The van der Waals surface area contributed by atoms with Crippen molar-refractivity contribution >= 4 is 17.2 Å². The molecule has 0 aliphatic carbocycles. The van der Waals surface area contributed by atoms with Crippen LogP contribution in [0.2, 0.25) is 0 Å². The summed E-state index contributed by atoms with van der Waals surface area (Å²) >= 11 is 5.15. The van der Waals surface area contributed by atoms with Crippen molar-refractivity contribution in [3.8, 4) is 0 Å². The highest BCUT2D eigenvalue weighted by atomic mass is 32.1. The van der Waals surface area contributed by atoms with Crippen LogP contribution in [-0.4, -0.2) is 4.99 Å². The van der Waals surface area contributed by atoms with E-state index in [2.05, 4.69) is 31.3 Å². The lowest BCUT2D eigenvalue weighted by Crippen LogP contribution is -2.23. The van der Waals surface area contributed by atoms with Gasteiger partial charge in [-0.25, -0.2) is 0 Å². The molecule has 0 spiro atoms. The topological polar surface area (TPSA) is 12.0 Å². The molecule has 0 aromatic heterocycles. The van der Waals surface area contributed by atoms with Crippen molar-refractivity contribution in [2.75, 3.05) is 0 Å². The largest absolute Gasteiger partial charge is 0.353 e. The van der Waals surface area contributed by atoms with Gasteiger partial charge in [0.05, 0.1) is 4.99 Å². The molecule has 0 bridgehead atoms. The Kier molecular flexibility index (Phi) is 2.45. The summed E-state index contributed by atoms with van der Waals surface area (Å²) in [5.41, 5.74) is 2.41. The summed E-state index contributed by atoms with van der Waals surface area (Å²) in [6, 6.07) is 0. The quantitative estimate of drug-likeness (QED) is 0.556. The highest BCUT2D eigenvalue weighted by Crippen LogP contribution is 2.11. The molecule has 0 radical (unpaired) electrons. The molecule has 0 saturated heterocycles. The first-order valence-electron chi connectivity index (χ1n) is 3.77. The van der Waals surface area contributed by atoms with E-state index in [1.165, 1.54) is 5.57 Å². The van der Waals surface area contributed by atoms with Crippen molar-refractivity contribution in [2.24, 2.45) is 5.92 Å². The van der Waals surface area contributed by atoms with Crippen molar-refractivity contribution in [3.05, 3.63) is 23.4 Å². The van der Waals surface area contributed by atoms with Crippen molar-refractivity contribution in [2.45, 2.75) is 20.8 Å². The first kappa shape index (κ1) is 8.47. The van der Waals surface area contributed by atoms with Crippen molar-refractivity contribution < 1.29 is 0 Å². The van der Waals surface area contributed by atoms with Gasteiger partial charge in [-0.05, 0) is 19.9 Å². The Bertz CT molecular complexity index is 238. The van der Waals surface area contributed by atoms with Gasteiger partial charge in [-0.2, -0.15) is 0 Å². The summed E-state index contributed by atoms with van der Waals surface area (Å²) in [6.07, 6.45) is 4.28. The Morgan fingerprint density at radius 2 is 2.09 bits per heavy atom. The normalized spacial score (nSPS) is 25.0. The molecule has 1 N–H and O–H groups in total. The fourth-order valence-electron chi connectivity index (χ4n) is 1.20. The number of thiocarbonyl (C=S) groups is 1. The molecule has 1 unspecified atom stereocenters. The highest BCUT2D eigenvalue weighted by Gasteiger charge is 2.08. The van der Waals surface area contributed by atoms with Crippen LogP contribution < -0.4 is 5.32 Å². The van der Waals surface area contributed by atoms with Gasteiger partial charge in [0.2, 0.25) is 0 Å². The predicted molar refractivity (Wildman–Crippen MR) is 52.4 cm³/mol. The Hall–Kier alpha value is -0.630. The molecule has 11 heavy (non-hydrogen) atoms. The molecule has 0 amide bonds. The van der Waals surface area contributed by atoms with E-state index in [1.54, 1.807) is 0 Å². The molecule has 0 aromatic carbocycles. The van der Waals surface area contributed by atoms with Crippen LogP contribution in [0.3, 0.4) is 0 Å². The summed E-state index contributed by atoms with van der Waals surface area (Å²) in [5.74, 6) is 0.360. The summed E-state index contributed by atoms with van der Waals surface area (Å²) in [7, 11) is 0. The number of hydrogen-bond donors (Lipinski definition) is 1. The van der Waals surface area contributed by atoms with Crippen LogP contribution in [-0.2, 0) is 0 Å². The predicted octanol–water partition coefficient (Wildman–Crippen LogP) is 2.40. The minimum absolute atomic E-state index is 0.360. The molecule has 0 aromatic rings. The van der Waals surface area contributed by atoms with Gasteiger partial charge in [0, 0.05) is 11.6 Å². The fraction of sp³-hybridized carbons (Fsp3) is 0.444. The van der Waals surface area contributed by atoms with E-state index < -0.39 is 0 Å². The van der Waals surface area contributed by atoms with Gasteiger partial charge in [-0.3, -0.25) is 0 Å². The molecular weight excluding hydrogens is 154 g/mol. The van der Waals surface area contributed by atoms with Crippen LogP contribution in [0.15, 0.2) is 23.4 Å². The smallest absolute Gasteiger partial charge is 0.0861 e. The second-order valence-electron chi connectivity index (χ2n) is 3.02. The van der Waals surface area contributed by atoms with E-state index in [4.69, 9.17) is 12.2 Å². The Balaban J connectivity index is 2.90. The van der Waals surface area contributed by atoms with Gasteiger partial charge in [0.25, 0.3) is 0 Å². The number of allylic oxidation sites excluding steroid dienone is 3. The summed E-state index contributed by atoms with van der Waals surface area (Å²) < 4.78 is 0. The van der Waals surface area contributed by atoms with E-state index in [1.807, 2.05) is 6.92 Å². The number of rotatable bonds is 0. The average molecular weight is 167 g/mol. The minimum Gasteiger partial charge on any atom is -0.353 e. The maximum absolute atomic E-state index is 5.15. The van der Waals surface area contributed by atoms with Gasteiger partial charge < -0.3 is 5.32 Å². The third-order valence-corrected chi connectivity index (χ3v) is 2.16. The molecule has 1 aliphatic heterocycles. The molecular formula is C9H13NS. The monoisotopic (exact) mass is 167 g/mol. The third kappa shape index (κ3) is 2.15. The fourth-order valence-corrected chi connectivity index (χ4v) is 1.43. The zero-order chi connectivity index (χ0) is 8.43. The third-order valence-electron chi connectivity index (χ3n) is 1.69. The first-order valence-corrected chi connectivity index (χ1v) is 4.18. The van der Waals surface area contributed by atoms with Gasteiger partial charge in [0.15, 0.2) is 0 Å². The SMILES string of the molecule is CC1=CC(C)C(=S)NC(C)=C1. The molecule has 1 nitrogen and oxygen atoms in total. The zero-order valence-electron chi connectivity index (χ0n) is 7.14. The summed E-state index contributed by atoms with van der Waals surface area (Å²) in [5, 5.41) is 3.16. The molecule has 1 rings (SSSR count). The van der Waals surface area contributed by atoms with E-state index in [9.17, 15) is 0 Å². The summed E-state index contributed by atoms with van der Waals surface area (Å²) in [6.45, 7) is 6.22. The van der Waals surface area contributed by atoms with Gasteiger partial charge in [0.1, 0.15) is 0 Å². The van der Waals surface area contributed by atoms with Crippen LogP contribution in [0.1, 0.15) is 20.8 Å². The van der Waals surface area contributed by atoms with Crippen LogP contribution in [0, 0.1) is 5.92 Å². The molecule has 2 heteroatoms. The van der Waals surface area contributed by atoms with Crippen molar-refractivity contribution in [1.82, 2.24) is 5.32 Å². The van der Waals surface area contributed by atoms with E-state index in [0.29, 0.717) is 5.92 Å². The van der Waals surface area contributed by atoms with Gasteiger partial charge in [-0.15, -0.1) is 0 Å². The molecule has 1 atom stereocenters. The molecule has 0 saturated carbocycles. The second-order valence-corrected chi connectivity index (χ2v) is 3.46. The minimum atomic E-state index is 0.360. The van der Waals surface area contributed by atoms with E-state index >= 15 is 0 Å². The maximum Gasteiger partial charge on any atom is 0.0861 e. The molecule has 1 aliphatic rings. The van der Waals surface area contributed by atoms with Crippen LogP contribution >= 0.6 is 12.2 Å². The number of hydrogen-bond acceptors (Lipinski definition) is 1. The Morgan fingerprint density at radius 3 is 2.73 bits per heavy atom. The van der Waals surface area contributed by atoms with E-state index in [0.717, 1.165) is 10.7 Å². The molecule has 60 valence electrons. The Labute approximate surface area is 73.2 Å². The van der Waals surface area contributed by atoms with E-state index in [-0.39, 0.29) is 0 Å². The maximum atomic E-state index is 5.15. The average Bonchev–Trinajstić information content (AvgIpc) is 1.93. The van der Waals surface area contributed by atoms with Crippen LogP contribution in [0.4, 0.5) is 0 Å². The highest BCUT2D eigenvalue weighted by molar-refractivity contribution is 7.80. The lowest BCUT2D eigenvalue weighted by molar-refractivity contribution is 0.956. The lowest BCUT2D eigenvalue weighted by atomic mass is 10.1. The summed E-state index contributed by atoms with van der Waals surface area (Å²) in [4.78, 5) is 0.913. The number of nitrogens with one attached hydrogen (secondary N) is 1.